The molecular weight excluding hydrogens is 354 g/mol. The maximum absolute atomic E-state index is 12.1. The smallest absolute Gasteiger partial charge is 0.410 e. The molecule has 0 radical (unpaired) electrons. The van der Waals surface area contributed by atoms with E-state index in [4.69, 9.17) is 16.3 Å². The standard InChI is InChI=1S/C15H22ClN3O2S2/c1-15(2,3)21-14(20)19-6-5-10(8-19)9-23-12-7-11(16)17-13(18-12)22-4/h7,10H,5-6,8-9H2,1-4H3. The third-order valence-electron chi connectivity index (χ3n) is 3.24. The second-order valence-corrected chi connectivity index (χ2v) is 8.61. The van der Waals surface area contributed by atoms with E-state index in [1.165, 1.54) is 11.8 Å². The van der Waals surface area contributed by atoms with Crippen molar-refractivity contribution in [3.05, 3.63) is 11.2 Å². The highest BCUT2D eigenvalue weighted by Gasteiger charge is 2.29. The van der Waals surface area contributed by atoms with Crippen LogP contribution in [0.3, 0.4) is 0 Å². The molecule has 2 rings (SSSR count). The van der Waals surface area contributed by atoms with Gasteiger partial charge in [0.15, 0.2) is 5.16 Å². The molecule has 0 aliphatic carbocycles. The monoisotopic (exact) mass is 375 g/mol. The van der Waals surface area contributed by atoms with E-state index in [0.717, 1.165) is 30.3 Å². The first kappa shape index (κ1) is 18.7. The van der Waals surface area contributed by atoms with Crippen molar-refractivity contribution in [3.63, 3.8) is 0 Å². The van der Waals surface area contributed by atoms with Gasteiger partial charge >= 0.3 is 6.09 Å². The van der Waals surface area contributed by atoms with Gasteiger partial charge in [-0.1, -0.05) is 23.4 Å². The lowest BCUT2D eigenvalue weighted by Gasteiger charge is -2.24. The Morgan fingerprint density at radius 3 is 2.87 bits per heavy atom. The zero-order valence-electron chi connectivity index (χ0n) is 13.8. The van der Waals surface area contributed by atoms with Gasteiger partial charge in [0.25, 0.3) is 0 Å². The maximum Gasteiger partial charge on any atom is 0.410 e. The predicted octanol–water partition coefficient (Wildman–Crippen LogP) is 4.20. The van der Waals surface area contributed by atoms with Crippen LogP contribution in [0.5, 0.6) is 0 Å². The lowest BCUT2D eigenvalue weighted by molar-refractivity contribution is 0.0289. The lowest BCUT2D eigenvalue weighted by Crippen LogP contribution is -2.35. The van der Waals surface area contributed by atoms with Crippen molar-refractivity contribution < 1.29 is 9.53 Å². The minimum Gasteiger partial charge on any atom is -0.444 e. The number of aromatic nitrogens is 2. The van der Waals surface area contributed by atoms with Crippen molar-refractivity contribution in [1.82, 2.24) is 14.9 Å². The van der Waals surface area contributed by atoms with Gasteiger partial charge in [-0.25, -0.2) is 14.8 Å². The Kier molecular flexibility index (Phi) is 6.45. The van der Waals surface area contributed by atoms with Gasteiger partial charge in [0, 0.05) is 24.9 Å². The van der Waals surface area contributed by atoms with Crippen LogP contribution >= 0.6 is 35.1 Å². The van der Waals surface area contributed by atoms with Crippen LogP contribution in [0.1, 0.15) is 27.2 Å². The van der Waals surface area contributed by atoms with E-state index in [0.29, 0.717) is 16.2 Å². The van der Waals surface area contributed by atoms with Gasteiger partial charge in [-0.3, -0.25) is 0 Å². The number of rotatable bonds is 4. The van der Waals surface area contributed by atoms with Crippen molar-refractivity contribution >= 4 is 41.2 Å². The number of hydrogen-bond acceptors (Lipinski definition) is 6. The summed E-state index contributed by atoms with van der Waals surface area (Å²) in [6.45, 7) is 7.14. The number of hydrogen-bond donors (Lipinski definition) is 0. The summed E-state index contributed by atoms with van der Waals surface area (Å²) in [5.74, 6) is 1.35. The molecule has 1 fully saturated rings. The van der Waals surface area contributed by atoms with E-state index in [1.54, 1.807) is 22.7 Å². The van der Waals surface area contributed by atoms with Gasteiger partial charge < -0.3 is 9.64 Å². The summed E-state index contributed by atoms with van der Waals surface area (Å²) >= 11 is 9.14. The fraction of sp³-hybridized carbons (Fsp3) is 0.667. The molecule has 1 saturated heterocycles. The van der Waals surface area contributed by atoms with Gasteiger partial charge in [-0.2, -0.15) is 0 Å². The van der Waals surface area contributed by atoms with Crippen LogP contribution in [0.25, 0.3) is 0 Å². The lowest BCUT2D eigenvalue weighted by atomic mass is 10.2. The molecule has 1 aliphatic heterocycles. The van der Waals surface area contributed by atoms with Crippen molar-refractivity contribution in [2.75, 3.05) is 25.1 Å². The molecule has 1 unspecified atom stereocenters. The molecule has 1 amide bonds. The van der Waals surface area contributed by atoms with Crippen LogP contribution in [-0.4, -0.2) is 51.7 Å². The zero-order chi connectivity index (χ0) is 17.0. The number of amides is 1. The maximum atomic E-state index is 12.1. The van der Waals surface area contributed by atoms with Crippen LogP contribution in [0.15, 0.2) is 16.2 Å². The molecule has 128 valence electrons. The molecule has 5 nitrogen and oxygen atoms in total. The van der Waals surface area contributed by atoms with E-state index >= 15 is 0 Å². The second kappa shape index (κ2) is 7.94. The summed E-state index contributed by atoms with van der Waals surface area (Å²) in [6.07, 6.45) is 2.69. The number of halogens is 1. The van der Waals surface area contributed by atoms with Crippen LogP contribution in [-0.2, 0) is 4.74 Å². The van der Waals surface area contributed by atoms with Crippen LogP contribution < -0.4 is 0 Å². The van der Waals surface area contributed by atoms with Crippen molar-refractivity contribution in [2.24, 2.45) is 5.92 Å². The largest absolute Gasteiger partial charge is 0.444 e. The zero-order valence-corrected chi connectivity index (χ0v) is 16.2. The molecule has 1 aromatic heterocycles. The summed E-state index contributed by atoms with van der Waals surface area (Å²) in [4.78, 5) is 22.4. The fourth-order valence-corrected chi connectivity index (χ4v) is 3.97. The number of carbonyl (C=O) groups excluding carboxylic acids is 1. The molecule has 2 heterocycles. The number of carbonyl (C=O) groups is 1. The Hall–Kier alpha value is -0.660. The second-order valence-electron chi connectivity index (χ2n) is 6.41. The van der Waals surface area contributed by atoms with Crippen molar-refractivity contribution in [3.8, 4) is 0 Å². The minimum atomic E-state index is -0.449. The number of likely N-dealkylation sites (tertiary alicyclic amines) is 1. The van der Waals surface area contributed by atoms with Crippen LogP contribution in [0, 0.1) is 5.92 Å². The highest BCUT2D eigenvalue weighted by atomic mass is 35.5. The van der Waals surface area contributed by atoms with E-state index < -0.39 is 5.60 Å². The Morgan fingerprint density at radius 1 is 1.48 bits per heavy atom. The first-order valence-electron chi connectivity index (χ1n) is 7.46. The summed E-state index contributed by atoms with van der Waals surface area (Å²) < 4.78 is 5.42. The van der Waals surface area contributed by atoms with E-state index in [2.05, 4.69) is 9.97 Å². The van der Waals surface area contributed by atoms with E-state index in [-0.39, 0.29) is 6.09 Å². The third-order valence-corrected chi connectivity index (χ3v) is 5.12. The molecule has 1 aliphatic rings. The summed E-state index contributed by atoms with van der Waals surface area (Å²) in [5, 5.41) is 2.03. The number of ether oxygens (including phenoxy) is 1. The highest BCUT2D eigenvalue weighted by molar-refractivity contribution is 7.99. The highest BCUT2D eigenvalue weighted by Crippen LogP contribution is 2.28. The van der Waals surface area contributed by atoms with Gasteiger partial charge in [0.2, 0.25) is 0 Å². The average molecular weight is 376 g/mol. The predicted molar refractivity (Wildman–Crippen MR) is 95.5 cm³/mol. The Morgan fingerprint density at radius 2 is 2.22 bits per heavy atom. The normalized spacial score (nSPS) is 18.3. The van der Waals surface area contributed by atoms with Crippen LogP contribution in [0.2, 0.25) is 5.15 Å². The topological polar surface area (TPSA) is 55.3 Å². The summed E-state index contributed by atoms with van der Waals surface area (Å²) in [5.41, 5.74) is -0.449. The SMILES string of the molecule is CSc1nc(Cl)cc(SCC2CCN(C(=O)OC(C)(C)C)C2)n1. The number of thioether (sulfide) groups is 2. The molecule has 8 heteroatoms. The van der Waals surface area contributed by atoms with Gasteiger partial charge in [0.1, 0.15) is 15.8 Å². The summed E-state index contributed by atoms with van der Waals surface area (Å²) in [7, 11) is 0. The molecule has 23 heavy (non-hydrogen) atoms. The van der Waals surface area contributed by atoms with Gasteiger partial charge in [0.05, 0.1) is 0 Å². The molecule has 1 atom stereocenters. The van der Waals surface area contributed by atoms with E-state index in [1.807, 2.05) is 27.0 Å². The molecule has 0 spiro atoms. The quantitative estimate of drug-likeness (QED) is 0.446. The molecule has 0 saturated carbocycles. The Balaban J connectivity index is 1.84. The summed E-state index contributed by atoms with van der Waals surface area (Å²) in [6, 6.07) is 1.78. The fourth-order valence-electron chi connectivity index (χ4n) is 2.21. The molecular formula is C15H22ClN3O2S2. The Bertz CT molecular complexity index is 566. The molecule has 1 aromatic rings. The Labute approximate surface area is 150 Å². The number of nitrogens with zero attached hydrogens (tertiary/aromatic N) is 3. The van der Waals surface area contributed by atoms with Gasteiger partial charge in [-0.15, -0.1) is 11.8 Å². The van der Waals surface area contributed by atoms with Crippen molar-refractivity contribution in [2.45, 2.75) is 43.0 Å². The molecule has 0 bridgehead atoms. The average Bonchev–Trinajstić information content (AvgIpc) is 2.91. The first-order chi connectivity index (χ1) is 10.8. The van der Waals surface area contributed by atoms with Gasteiger partial charge in [-0.05, 0) is 39.4 Å². The third kappa shape index (κ3) is 6.04. The molecule has 0 N–H and O–H groups in total. The van der Waals surface area contributed by atoms with Crippen LogP contribution in [0.4, 0.5) is 4.79 Å². The van der Waals surface area contributed by atoms with Crippen molar-refractivity contribution in [1.29, 1.82) is 0 Å². The first-order valence-corrected chi connectivity index (χ1v) is 10.0. The minimum absolute atomic E-state index is 0.222. The van der Waals surface area contributed by atoms with E-state index in [9.17, 15) is 4.79 Å². The molecule has 0 aromatic carbocycles.